The maximum Gasteiger partial charge on any atom is 0.262 e. The fraction of sp³-hybridized carbons (Fsp3) is 0.148. The van der Waals surface area contributed by atoms with Crippen LogP contribution in [0.1, 0.15) is 28.4 Å². The van der Waals surface area contributed by atoms with Gasteiger partial charge < -0.3 is 10.1 Å². The second kappa shape index (κ2) is 10.2. The second-order valence-corrected chi connectivity index (χ2v) is 12.4. The fourth-order valence-electron chi connectivity index (χ4n) is 4.10. The minimum absolute atomic E-state index is 0.0559. The van der Waals surface area contributed by atoms with Crippen LogP contribution in [-0.2, 0) is 10.0 Å². The average Bonchev–Trinajstić information content (AvgIpc) is 3.26. The van der Waals surface area contributed by atoms with Crippen LogP contribution in [0, 0.1) is 6.92 Å². The minimum atomic E-state index is -4.06. The van der Waals surface area contributed by atoms with Crippen LogP contribution in [-0.4, -0.2) is 37.9 Å². The van der Waals surface area contributed by atoms with E-state index in [0.717, 1.165) is 41.6 Å². The van der Waals surface area contributed by atoms with Gasteiger partial charge in [-0.2, -0.15) is 0 Å². The van der Waals surface area contributed by atoms with Crippen molar-refractivity contribution >= 4 is 59.8 Å². The van der Waals surface area contributed by atoms with Gasteiger partial charge in [0.25, 0.3) is 15.9 Å². The molecule has 1 aromatic carbocycles. The van der Waals surface area contributed by atoms with Crippen molar-refractivity contribution in [2.75, 3.05) is 18.4 Å². The molecule has 5 rings (SSSR count). The summed E-state index contributed by atoms with van der Waals surface area (Å²) in [5.74, 6) is -0.262. The molecule has 0 spiro atoms. The summed E-state index contributed by atoms with van der Waals surface area (Å²) in [5.41, 5.74) is 3.87. The lowest BCUT2D eigenvalue weighted by Crippen LogP contribution is -2.25. The van der Waals surface area contributed by atoms with Crippen molar-refractivity contribution < 1.29 is 17.9 Å². The maximum absolute atomic E-state index is 13.3. The van der Waals surface area contributed by atoms with E-state index in [1.807, 2.05) is 26.0 Å². The maximum atomic E-state index is 13.3. The Morgan fingerprint density at radius 3 is 2.74 bits per heavy atom. The number of fused-ring (bicyclic) bond motifs is 6. The number of rotatable bonds is 1. The van der Waals surface area contributed by atoms with Crippen molar-refractivity contribution in [2.45, 2.75) is 18.7 Å². The van der Waals surface area contributed by atoms with Crippen molar-refractivity contribution in [3.8, 4) is 16.3 Å². The van der Waals surface area contributed by atoms with E-state index < -0.39 is 10.0 Å². The zero-order valence-corrected chi connectivity index (χ0v) is 23.3. The number of nitrogens with one attached hydrogen (secondary N) is 2. The van der Waals surface area contributed by atoms with Crippen LogP contribution in [0.2, 0.25) is 0 Å². The first kappa shape index (κ1) is 26.0. The van der Waals surface area contributed by atoms with E-state index in [2.05, 4.69) is 26.6 Å². The van der Waals surface area contributed by atoms with E-state index in [4.69, 9.17) is 4.74 Å². The fourth-order valence-corrected chi connectivity index (χ4v) is 7.40. The van der Waals surface area contributed by atoms with Gasteiger partial charge in [-0.15, -0.1) is 11.3 Å². The van der Waals surface area contributed by atoms with E-state index in [-0.39, 0.29) is 34.5 Å². The summed E-state index contributed by atoms with van der Waals surface area (Å²) in [6.45, 7) is 8.47. The number of hydrogen-bond donors (Lipinski definition) is 2. The lowest BCUT2D eigenvalue weighted by Gasteiger charge is -2.14. The number of methoxy groups -OCH3 is 1. The summed E-state index contributed by atoms with van der Waals surface area (Å²) in [4.78, 5) is 24.5. The molecule has 1 amide bonds. The Morgan fingerprint density at radius 2 is 1.97 bits per heavy atom. The van der Waals surface area contributed by atoms with Crippen LogP contribution in [0.4, 0.5) is 5.69 Å². The average molecular weight is 565 g/mol. The Kier molecular flexibility index (Phi) is 6.99. The predicted molar refractivity (Wildman–Crippen MR) is 154 cm³/mol. The van der Waals surface area contributed by atoms with E-state index in [0.29, 0.717) is 0 Å². The number of pyridine rings is 2. The van der Waals surface area contributed by atoms with Crippen molar-refractivity contribution in [1.29, 1.82) is 0 Å². The molecule has 38 heavy (non-hydrogen) atoms. The lowest BCUT2D eigenvalue weighted by molar-refractivity contribution is 0.0957. The van der Waals surface area contributed by atoms with Crippen LogP contribution in [0.25, 0.3) is 25.6 Å². The third kappa shape index (κ3) is 4.80. The topological polar surface area (TPSA) is 110 Å². The number of sulfonamides is 1. The summed E-state index contributed by atoms with van der Waals surface area (Å²) in [6, 6.07) is 9.50. The van der Waals surface area contributed by atoms with E-state index in [9.17, 15) is 13.2 Å². The van der Waals surface area contributed by atoms with Gasteiger partial charge in [0.1, 0.15) is 5.69 Å². The molecule has 0 radical (unpaired) electrons. The SMILES string of the molecule is C=C1S/C(=C\C)CNC(=O)c2cccc(c2)S(=O)(=O)Nc2cc(cnc2OC)-c2sc3c1ccnc3c2C. The van der Waals surface area contributed by atoms with Gasteiger partial charge in [0, 0.05) is 50.3 Å². The Bertz CT molecular complexity index is 1740. The molecule has 0 atom stereocenters. The number of thiophene rings is 1. The first-order chi connectivity index (χ1) is 18.2. The van der Waals surface area contributed by atoms with Gasteiger partial charge in [0.15, 0.2) is 0 Å². The number of anilines is 1. The van der Waals surface area contributed by atoms with E-state index in [1.165, 1.54) is 37.1 Å². The standard InChI is InChI=1S/C27H24N4O4S3/c1-5-19-14-29-26(32)17-7-6-8-20(11-17)38(33,34)31-22-12-18(13-30-27(22)35-4)24-15(2)23-25(37-24)21(9-10-28-23)16(3)36-19/h5-13,31H,3,14H2,1-2,4H3,(H,29,32)/b19-5-. The molecule has 1 aliphatic rings. The van der Waals surface area contributed by atoms with Gasteiger partial charge in [-0.3, -0.25) is 14.5 Å². The molecule has 6 bridgehead atoms. The van der Waals surface area contributed by atoms with Crippen molar-refractivity contribution in [3.63, 3.8) is 0 Å². The highest BCUT2D eigenvalue weighted by Gasteiger charge is 2.22. The minimum Gasteiger partial charge on any atom is -0.480 e. The molecule has 2 N–H and O–H groups in total. The molecule has 3 aromatic heterocycles. The number of aryl methyl sites for hydroxylation is 1. The van der Waals surface area contributed by atoms with Crippen molar-refractivity contribution in [2.24, 2.45) is 0 Å². The van der Waals surface area contributed by atoms with Gasteiger partial charge in [-0.25, -0.2) is 13.4 Å². The molecule has 1 aliphatic heterocycles. The molecule has 0 unspecified atom stereocenters. The molecule has 11 heteroatoms. The molecule has 0 fully saturated rings. The summed E-state index contributed by atoms with van der Waals surface area (Å²) in [7, 11) is -2.64. The monoisotopic (exact) mass is 564 g/mol. The molecular formula is C27H24N4O4S3. The molecule has 194 valence electrons. The smallest absolute Gasteiger partial charge is 0.262 e. The molecule has 0 aliphatic carbocycles. The van der Waals surface area contributed by atoms with Gasteiger partial charge >= 0.3 is 0 Å². The Labute approximate surface area is 228 Å². The van der Waals surface area contributed by atoms with Crippen LogP contribution in [0.3, 0.4) is 0 Å². The largest absolute Gasteiger partial charge is 0.480 e. The summed E-state index contributed by atoms with van der Waals surface area (Å²) < 4.78 is 35.6. The highest BCUT2D eigenvalue weighted by atomic mass is 32.2. The molecule has 4 heterocycles. The van der Waals surface area contributed by atoms with Crippen molar-refractivity contribution in [1.82, 2.24) is 15.3 Å². The van der Waals surface area contributed by atoms with Crippen LogP contribution < -0.4 is 14.8 Å². The quantitative estimate of drug-likeness (QED) is 0.299. The summed E-state index contributed by atoms with van der Waals surface area (Å²) in [6.07, 6.45) is 5.33. The number of carbonyl (C=O) groups is 1. The van der Waals surface area contributed by atoms with E-state index >= 15 is 0 Å². The third-order valence-electron chi connectivity index (χ3n) is 6.06. The third-order valence-corrected chi connectivity index (χ3v) is 9.90. The number of allylic oxidation sites excluding steroid dienone is 1. The molecular weight excluding hydrogens is 541 g/mol. The van der Waals surface area contributed by atoms with Gasteiger partial charge in [-0.1, -0.05) is 30.5 Å². The number of aromatic nitrogens is 2. The molecule has 8 nitrogen and oxygen atoms in total. The van der Waals surface area contributed by atoms with Crippen LogP contribution in [0.5, 0.6) is 5.88 Å². The predicted octanol–water partition coefficient (Wildman–Crippen LogP) is 5.83. The van der Waals surface area contributed by atoms with E-state index in [1.54, 1.807) is 35.9 Å². The Hall–Kier alpha value is -3.67. The zero-order valence-electron chi connectivity index (χ0n) is 20.9. The lowest BCUT2D eigenvalue weighted by atomic mass is 10.1. The second-order valence-electron chi connectivity index (χ2n) is 8.47. The van der Waals surface area contributed by atoms with Gasteiger partial charge in [-0.05, 0) is 49.7 Å². The normalized spacial score (nSPS) is 16.6. The number of ether oxygens (including phenoxy) is 1. The van der Waals surface area contributed by atoms with Gasteiger partial charge in [0.05, 0.1) is 22.2 Å². The highest BCUT2D eigenvalue weighted by molar-refractivity contribution is 8.11. The first-order valence-electron chi connectivity index (χ1n) is 11.6. The van der Waals surface area contributed by atoms with Crippen LogP contribution >= 0.6 is 23.1 Å². The molecule has 0 saturated heterocycles. The highest BCUT2D eigenvalue weighted by Crippen LogP contribution is 2.44. The molecule has 4 aromatic rings. The summed E-state index contributed by atoms with van der Waals surface area (Å²) in [5, 5.41) is 2.88. The molecule has 0 saturated carbocycles. The zero-order chi connectivity index (χ0) is 27.0. The number of benzene rings is 1. The van der Waals surface area contributed by atoms with Crippen LogP contribution in [0.15, 0.2) is 71.2 Å². The number of nitrogens with zero attached hydrogens (tertiary/aromatic N) is 2. The van der Waals surface area contributed by atoms with Crippen molar-refractivity contribution in [3.05, 3.63) is 83.0 Å². The Balaban J connectivity index is 1.73. The summed E-state index contributed by atoms with van der Waals surface area (Å²) >= 11 is 3.02. The number of hydrogen-bond acceptors (Lipinski definition) is 8. The number of carbonyl (C=O) groups excluding carboxylic acids is 1. The first-order valence-corrected chi connectivity index (χ1v) is 14.7. The number of amides is 1. The number of thioether (sulfide) groups is 1. The van der Waals surface area contributed by atoms with Gasteiger partial charge in [0.2, 0.25) is 5.88 Å². The Morgan fingerprint density at radius 1 is 1.16 bits per heavy atom.